The van der Waals surface area contributed by atoms with Crippen LogP contribution in [0.25, 0.3) is 0 Å². The van der Waals surface area contributed by atoms with Crippen molar-refractivity contribution in [1.82, 2.24) is 0 Å². The lowest BCUT2D eigenvalue weighted by atomic mass is 10.1. The van der Waals surface area contributed by atoms with Crippen LogP contribution >= 0.6 is 0 Å². The molecule has 0 heterocycles. The van der Waals surface area contributed by atoms with Crippen LogP contribution in [0.1, 0.15) is 18.1 Å². The third-order valence-electron chi connectivity index (χ3n) is 2.74. The van der Waals surface area contributed by atoms with Crippen LogP contribution in [0.4, 0.5) is 10.1 Å². The van der Waals surface area contributed by atoms with Gasteiger partial charge < -0.3 is 0 Å². The van der Waals surface area contributed by atoms with Crippen molar-refractivity contribution in [1.29, 1.82) is 0 Å². The van der Waals surface area contributed by atoms with E-state index in [-0.39, 0.29) is 5.82 Å². The molecule has 0 aliphatic heterocycles. The first kappa shape index (κ1) is 12.3. The molecule has 0 amide bonds. The van der Waals surface area contributed by atoms with Crippen molar-refractivity contribution in [2.75, 3.05) is 5.43 Å². The van der Waals surface area contributed by atoms with E-state index in [0.717, 1.165) is 16.8 Å². The monoisotopic (exact) mass is 242 g/mol. The molecule has 0 bridgehead atoms. The number of benzene rings is 2. The predicted molar refractivity (Wildman–Crippen MR) is 73.4 cm³/mol. The number of nitrogens with zero attached hydrogens (tertiary/aromatic N) is 1. The summed E-state index contributed by atoms with van der Waals surface area (Å²) in [4.78, 5) is 0. The van der Waals surface area contributed by atoms with Crippen LogP contribution < -0.4 is 5.43 Å². The minimum atomic E-state index is -0.268. The maximum atomic E-state index is 13.1. The molecule has 0 aromatic heterocycles. The van der Waals surface area contributed by atoms with Crippen molar-refractivity contribution in [3.05, 3.63) is 65.5 Å². The van der Waals surface area contributed by atoms with Gasteiger partial charge in [-0.05, 0) is 37.1 Å². The summed E-state index contributed by atoms with van der Waals surface area (Å²) in [7, 11) is 0. The number of anilines is 1. The highest BCUT2D eigenvalue weighted by Crippen LogP contribution is 2.16. The first-order valence-corrected chi connectivity index (χ1v) is 5.78. The summed E-state index contributed by atoms with van der Waals surface area (Å²) < 4.78 is 13.1. The average molecular weight is 242 g/mol. The van der Waals surface area contributed by atoms with Gasteiger partial charge in [0.1, 0.15) is 5.82 Å². The van der Waals surface area contributed by atoms with E-state index in [0.29, 0.717) is 5.69 Å². The summed E-state index contributed by atoms with van der Waals surface area (Å²) in [6, 6.07) is 14.5. The second kappa shape index (κ2) is 5.45. The minimum absolute atomic E-state index is 0.268. The van der Waals surface area contributed by atoms with Gasteiger partial charge in [0.2, 0.25) is 0 Å². The van der Waals surface area contributed by atoms with Crippen molar-refractivity contribution < 1.29 is 4.39 Å². The molecular formula is C15H15FN2. The molecule has 0 aliphatic carbocycles. The van der Waals surface area contributed by atoms with Crippen molar-refractivity contribution in [3.63, 3.8) is 0 Å². The molecule has 2 aromatic carbocycles. The molecule has 0 spiro atoms. The molecule has 2 rings (SSSR count). The largest absolute Gasteiger partial charge is 0.278 e. The van der Waals surface area contributed by atoms with E-state index in [4.69, 9.17) is 0 Å². The molecule has 0 atom stereocenters. The molecule has 2 aromatic rings. The summed E-state index contributed by atoms with van der Waals surface area (Å²) >= 11 is 0. The molecule has 2 nitrogen and oxygen atoms in total. The van der Waals surface area contributed by atoms with Crippen LogP contribution in [0.15, 0.2) is 53.6 Å². The van der Waals surface area contributed by atoms with Crippen molar-refractivity contribution in [3.8, 4) is 0 Å². The van der Waals surface area contributed by atoms with E-state index in [1.54, 1.807) is 6.07 Å². The van der Waals surface area contributed by atoms with Gasteiger partial charge in [0, 0.05) is 0 Å². The topological polar surface area (TPSA) is 24.4 Å². The van der Waals surface area contributed by atoms with E-state index >= 15 is 0 Å². The quantitative estimate of drug-likeness (QED) is 0.639. The van der Waals surface area contributed by atoms with Crippen molar-refractivity contribution in [2.24, 2.45) is 5.10 Å². The number of hydrogen-bond acceptors (Lipinski definition) is 2. The van der Waals surface area contributed by atoms with E-state index in [9.17, 15) is 4.39 Å². The molecule has 18 heavy (non-hydrogen) atoms. The highest BCUT2D eigenvalue weighted by molar-refractivity contribution is 5.99. The molecule has 3 heteroatoms. The predicted octanol–water partition coefficient (Wildman–Crippen LogP) is 3.97. The van der Waals surface area contributed by atoms with E-state index in [2.05, 4.69) is 10.5 Å². The standard InChI is InChI=1S/C15H15FN2/c1-11-8-9-14(16)10-15(11)18-17-12(2)13-6-4-3-5-7-13/h3-10,18H,1-2H3. The zero-order chi connectivity index (χ0) is 13.0. The van der Waals surface area contributed by atoms with Crippen LogP contribution in [0.3, 0.4) is 0 Å². The van der Waals surface area contributed by atoms with Gasteiger partial charge in [0.25, 0.3) is 0 Å². The maximum absolute atomic E-state index is 13.1. The maximum Gasteiger partial charge on any atom is 0.125 e. The van der Waals surface area contributed by atoms with E-state index < -0.39 is 0 Å². The normalized spacial score (nSPS) is 11.4. The Hall–Kier alpha value is -2.16. The first-order chi connectivity index (χ1) is 8.66. The molecule has 92 valence electrons. The van der Waals surface area contributed by atoms with Gasteiger partial charge >= 0.3 is 0 Å². The number of rotatable bonds is 3. The number of nitrogens with one attached hydrogen (secondary N) is 1. The zero-order valence-electron chi connectivity index (χ0n) is 10.4. The van der Waals surface area contributed by atoms with E-state index in [1.807, 2.05) is 44.2 Å². The van der Waals surface area contributed by atoms with Gasteiger partial charge in [-0.1, -0.05) is 36.4 Å². The number of aryl methyl sites for hydroxylation is 1. The third-order valence-corrected chi connectivity index (χ3v) is 2.74. The van der Waals surface area contributed by atoms with Gasteiger partial charge in [-0.3, -0.25) is 5.43 Å². The minimum Gasteiger partial charge on any atom is -0.278 e. The van der Waals surface area contributed by atoms with Crippen LogP contribution in [-0.4, -0.2) is 5.71 Å². The Morgan fingerprint density at radius 1 is 1.11 bits per heavy atom. The van der Waals surface area contributed by atoms with Crippen molar-refractivity contribution in [2.45, 2.75) is 13.8 Å². The molecule has 1 N–H and O–H groups in total. The second-order valence-corrected chi connectivity index (χ2v) is 4.13. The molecule has 0 saturated heterocycles. The number of hydrazone groups is 1. The fraction of sp³-hybridized carbons (Fsp3) is 0.133. The van der Waals surface area contributed by atoms with Gasteiger partial charge in [-0.15, -0.1) is 0 Å². The SMILES string of the molecule is CC(=NNc1cc(F)ccc1C)c1ccccc1. The summed E-state index contributed by atoms with van der Waals surface area (Å²) in [5.74, 6) is -0.268. The lowest BCUT2D eigenvalue weighted by molar-refractivity contribution is 0.628. The summed E-state index contributed by atoms with van der Waals surface area (Å²) in [5.41, 5.74) is 6.45. The van der Waals surface area contributed by atoms with Gasteiger partial charge in [0.15, 0.2) is 0 Å². The summed E-state index contributed by atoms with van der Waals surface area (Å²) in [6.45, 7) is 3.83. The zero-order valence-corrected chi connectivity index (χ0v) is 10.4. The number of halogens is 1. The third kappa shape index (κ3) is 2.94. The van der Waals surface area contributed by atoms with Gasteiger partial charge in [0.05, 0.1) is 11.4 Å². The average Bonchev–Trinajstić information content (AvgIpc) is 2.40. The Morgan fingerprint density at radius 2 is 1.83 bits per heavy atom. The van der Waals surface area contributed by atoms with Crippen molar-refractivity contribution >= 4 is 11.4 Å². The smallest absolute Gasteiger partial charge is 0.125 e. The lowest BCUT2D eigenvalue weighted by Gasteiger charge is -2.06. The Kier molecular flexibility index (Phi) is 3.72. The van der Waals surface area contributed by atoms with Gasteiger partial charge in [-0.2, -0.15) is 5.10 Å². The number of hydrogen-bond donors (Lipinski definition) is 1. The highest BCUT2D eigenvalue weighted by atomic mass is 19.1. The van der Waals surface area contributed by atoms with Gasteiger partial charge in [-0.25, -0.2) is 4.39 Å². The first-order valence-electron chi connectivity index (χ1n) is 5.78. The molecule has 0 fully saturated rings. The molecular weight excluding hydrogens is 227 g/mol. The van der Waals surface area contributed by atoms with E-state index in [1.165, 1.54) is 12.1 Å². The van der Waals surface area contributed by atoms with Crippen LogP contribution in [0.2, 0.25) is 0 Å². The molecule has 0 saturated carbocycles. The summed E-state index contributed by atoms with van der Waals surface area (Å²) in [6.07, 6.45) is 0. The van der Waals surface area contributed by atoms with Crippen LogP contribution in [0, 0.1) is 12.7 Å². The molecule has 0 aliphatic rings. The van der Waals surface area contributed by atoms with Crippen LogP contribution in [0.5, 0.6) is 0 Å². The second-order valence-electron chi connectivity index (χ2n) is 4.13. The Labute approximate surface area is 106 Å². The highest BCUT2D eigenvalue weighted by Gasteiger charge is 2.00. The van der Waals surface area contributed by atoms with Crippen LogP contribution in [-0.2, 0) is 0 Å². The lowest BCUT2D eigenvalue weighted by Crippen LogP contribution is -2.00. The Bertz CT molecular complexity index is 562. The fourth-order valence-corrected chi connectivity index (χ4v) is 1.60. The molecule has 0 radical (unpaired) electrons. The Balaban J connectivity index is 2.18. The fourth-order valence-electron chi connectivity index (χ4n) is 1.60. The molecule has 0 unspecified atom stereocenters. The summed E-state index contributed by atoms with van der Waals surface area (Å²) in [5, 5.41) is 4.27. The Morgan fingerprint density at radius 3 is 2.56 bits per heavy atom.